The van der Waals surface area contributed by atoms with E-state index in [0.717, 1.165) is 12.8 Å². The van der Waals surface area contributed by atoms with Crippen LogP contribution in [0.4, 0.5) is 4.39 Å². The summed E-state index contributed by atoms with van der Waals surface area (Å²) in [6.45, 7) is 4.16. The van der Waals surface area contributed by atoms with Crippen LogP contribution in [0.25, 0.3) is 0 Å². The van der Waals surface area contributed by atoms with Gasteiger partial charge in [-0.25, -0.2) is 0 Å². The zero-order valence-electron chi connectivity index (χ0n) is 17.4. The highest BCUT2D eigenvalue weighted by Crippen LogP contribution is 2.38. The topological polar surface area (TPSA) is 46.5 Å². The molecule has 3 nitrogen and oxygen atoms in total. The highest BCUT2D eigenvalue weighted by atomic mass is 19.1. The maximum Gasteiger partial charge on any atom is 0.207 e. The summed E-state index contributed by atoms with van der Waals surface area (Å²) in [4.78, 5) is 12.4. The van der Waals surface area contributed by atoms with E-state index in [1.807, 2.05) is 0 Å². The molecule has 0 saturated heterocycles. The summed E-state index contributed by atoms with van der Waals surface area (Å²) < 4.78 is 19.2. The summed E-state index contributed by atoms with van der Waals surface area (Å²) in [7, 11) is 0. The van der Waals surface area contributed by atoms with Crippen molar-refractivity contribution in [2.75, 3.05) is 6.61 Å². The van der Waals surface area contributed by atoms with Crippen LogP contribution in [0.15, 0.2) is 36.4 Å². The highest BCUT2D eigenvalue weighted by Gasteiger charge is 2.23. The van der Waals surface area contributed by atoms with Crippen molar-refractivity contribution < 1.29 is 19.0 Å². The van der Waals surface area contributed by atoms with Crippen molar-refractivity contribution in [1.82, 2.24) is 0 Å². The lowest BCUT2D eigenvalue weighted by Gasteiger charge is -2.29. The molecule has 1 aliphatic carbocycles. The normalized spacial score (nSPS) is 19.1. The first-order chi connectivity index (χ1) is 14.0. The maximum atomic E-state index is 14.1. The molecule has 156 valence electrons. The number of halogens is 1. The first kappa shape index (κ1) is 21.4. The number of phenols is 1. The van der Waals surface area contributed by atoms with Crippen molar-refractivity contribution in [3.05, 3.63) is 58.9 Å². The van der Waals surface area contributed by atoms with Gasteiger partial charge in [-0.2, -0.15) is 4.39 Å². The van der Waals surface area contributed by atoms with Crippen LogP contribution in [0.3, 0.4) is 0 Å². The van der Waals surface area contributed by atoms with Gasteiger partial charge in [0.2, 0.25) is 5.82 Å². The molecular formula is C25H31FO3. The molecule has 0 amide bonds. The van der Waals surface area contributed by atoms with Crippen molar-refractivity contribution in [2.24, 2.45) is 5.92 Å². The van der Waals surface area contributed by atoms with Crippen LogP contribution in [0.2, 0.25) is 0 Å². The van der Waals surface area contributed by atoms with Crippen LogP contribution >= 0.6 is 0 Å². The number of ketones is 1. The molecule has 0 unspecified atom stereocenters. The van der Waals surface area contributed by atoms with Crippen LogP contribution in [0, 0.1) is 18.7 Å². The second-order valence-electron chi connectivity index (χ2n) is 8.15. The van der Waals surface area contributed by atoms with Gasteiger partial charge in [0.25, 0.3) is 0 Å². The largest absolute Gasteiger partial charge is 0.504 e. The molecule has 1 fully saturated rings. The van der Waals surface area contributed by atoms with E-state index < -0.39 is 11.6 Å². The number of phenolic OH excluding ortho intramolecular Hbond substituents is 1. The molecule has 0 heterocycles. The quantitative estimate of drug-likeness (QED) is 0.512. The molecule has 0 aliphatic heterocycles. The van der Waals surface area contributed by atoms with Gasteiger partial charge in [-0.3, -0.25) is 4.79 Å². The monoisotopic (exact) mass is 398 g/mol. The summed E-state index contributed by atoms with van der Waals surface area (Å²) in [6.07, 6.45) is 6.89. The van der Waals surface area contributed by atoms with Crippen LogP contribution in [0.5, 0.6) is 11.5 Å². The van der Waals surface area contributed by atoms with Crippen molar-refractivity contribution >= 4 is 5.78 Å². The van der Waals surface area contributed by atoms with Gasteiger partial charge < -0.3 is 9.84 Å². The van der Waals surface area contributed by atoms with Crippen molar-refractivity contribution in [3.8, 4) is 11.5 Å². The molecule has 2 aromatic rings. The maximum absolute atomic E-state index is 14.1. The fourth-order valence-corrected chi connectivity index (χ4v) is 4.35. The Bertz CT molecular complexity index is 821. The van der Waals surface area contributed by atoms with Gasteiger partial charge in [0.05, 0.1) is 12.2 Å². The number of aromatic hydroxyl groups is 1. The van der Waals surface area contributed by atoms with Gasteiger partial charge >= 0.3 is 0 Å². The molecule has 0 aromatic heterocycles. The average molecular weight is 399 g/mol. The Hall–Kier alpha value is -2.36. The SMILES string of the molecule is CCOc1ccc(C(=O)CCCC2CCC(c3ccc(C)cc3)CC2)c(O)c1F. The first-order valence-electron chi connectivity index (χ1n) is 10.7. The van der Waals surface area contributed by atoms with Crippen LogP contribution < -0.4 is 4.74 Å². The Morgan fingerprint density at radius 3 is 2.45 bits per heavy atom. The highest BCUT2D eigenvalue weighted by molar-refractivity contribution is 5.98. The fraction of sp³-hybridized carbons (Fsp3) is 0.480. The minimum absolute atomic E-state index is 0.0214. The van der Waals surface area contributed by atoms with Gasteiger partial charge in [-0.1, -0.05) is 36.2 Å². The van der Waals surface area contributed by atoms with E-state index in [4.69, 9.17) is 4.74 Å². The van der Waals surface area contributed by atoms with E-state index in [-0.39, 0.29) is 17.1 Å². The third-order valence-corrected chi connectivity index (χ3v) is 6.09. The Morgan fingerprint density at radius 1 is 1.10 bits per heavy atom. The number of hydrogen-bond donors (Lipinski definition) is 1. The standard InChI is InChI=1S/C25H31FO3/c1-3-29-23-16-15-21(25(28)24(23)26)22(27)6-4-5-18-9-13-20(14-10-18)19-11-7-17(2)8-12-19/h7-8,11-12,15-16,18,20,28H,3-6,9-10,13-14H2,1-2H3. The Balaban J connectivity index is 1.45. The van der Waals surface area contributed by atoms with E-state index in [2.05, 4.69) is 31.2 Å². The fourth-order valence-electron chi connectivity index (χ4n) is 4.35. The number of ether oxygens (including phenoxy) is 1. The molecule has 0 radical (unpaired) electrons. The molecular weight excluding hydrogens is 367 g/mol. The third kappa shape index (κ3) is 5.37. The minimum atomic E-state index is -0.855. The Kier molecular flexibility index (Phi) is 7.29. The summed E-state index contributed by atoms with van der Waals surface area (Å²) in [6, 6.07) is 11.7. The van der Waals surface area contributed by atoms with Gasteiger partial charge in [0, 0.05) is 6.42 Å². The summed E-state index contributed by atoms with van der Waals surface area (Å²) >= 11 is 0. The van der Waals surface area contributed by atoms with E-state index in [1.165, 1.54) is 48.9 Å². The molecule has 1 N–H and O–H groups in total. The van der Waals surface area contributed by atoms with E-state index in [1.54, 1.807) is 6.92 Å². The number of hydrogen-bond acceptors (Lipinski definition) is 3. The van der Waals surface area contributed by atoms with Gasteiger partial charge in [-0.15, -0.1) is 0 Å². The molecule has 0 bridgehead atoms. The lowest BCUT2D eigenvalue weighted by Crippen LogP contribution is -2.14. The second-order valence-corrected chi connectivity index (χ2v) is 8.15. The molecule has 4 heteroatoms. The molecule has 1 saturated carbocycles. The van der Waals surface area contributed by atoms with Gasteiger partial charge in [0.15, 0.2) is 17.3 Å². The van der Waals surface area contributed by atoms with Crippen LogP contribution in [-0.4, -0.2) is 17.5 Å². The van der Waals surface area contributed by atoms with Crippen molar-refractivity contribution in [2.45, 2.75) is 64.7 Å². The smallest absolute Gasteiger partial charge is 0.207 e. The predicted octanol–water partition coefficient (Wildman–Crippen LogP) is 6.57. The van der Waals surface area contributed by atoms with Gasteiger partial charge in [0.1, 0.15) is 0 Å². The average Bonchev–Trinajstić information content (AvgIpc) is 2.73. The number of aryl methyl sites for hydroxylation is 1. The number of benzene rings is 2. The zero-order chi connectivity index (χ0) is 20.8. The summed E-state index contributed by atoms with van der Waals surface area (Å²) in [5.74, 6) is -0.385. The molecule has 2 aromatic carbocycles. The van der Waals surface area contributed by atoms with Crippen molar-refractivity contribution in [1.29, 1.82) is 0 Å². The summed E-state index contributed by atoms with van der Waals surface area (Å²) in [5, 5.41) is 10.0. The lowest BCUT2D eigenvalue weighted by atomic mass is 9.77. The molecule has 3 rings (SSSR count). The number of carbonyl (C=O) groups is 1. The van der Waals surface area contributed by atoms with E-state index >= 15 is 0 Å². The van der Waals surface area contributed by atoms with E-state index in [0.29, 0.717) is 24.9 Å². The van der Waals surface area contributed by atoms with Crippen LogP contribution in [0.1, 0.15) is 79.3 Å². The van der Waals surface area contributed by atoms with Crippen molar-refractivity contribution in [3.63, 3.8) is 0 Å². The third-order valence-electron chi connectivity index (χ3n) is 6.09. The molecule has 1 aliphatic rings. The summed E-state index contributed by atoms with van der Waals surface area (Å²) in [5.41, 5.74) is 2.79. The first-order valence-corrected chi connectivity index (χ1v) is 10.7. The molecule has 29 heavy (non-hydrogen) atoms. The van der Waals surface area contributed by atoms with Crippen LogP contribution in [-0.2, 0) is 0 Å². The predicted molar refractivity (Wildman–Crippen MR) is 113 cm³/mol. The van der Waals surface area contributed by atoms with E-state index in [9.17, 15) is 14.3 Å². The Labute approximate surface area is 172 Å². The molecule has 0 atom stereocenters. The minimum Gasteiger partial charge on any atom is -0.504 e. The zero-order valence-corrected chi connectivity index (χ0v) is 17.4. The Morgan fingerprint density at radius 2 is 1.79 bits per heavy atom. The number of carbonyl (C=O) groups excluding carboxylic acids is 1. The molecule has 0 spiro atoms. The van der Waals surface area contributed by atoms with Gasteiger partial charge in [-0.05, 0) is 75.5 Å². The number of Topliss-reactive ketones (excluding diaryl/α,β-unsaturated/α-hetero) is 1. The lowest BCUT2D eigenvalue weighted by molar-refractivity contribution is 0.0973. The number of rotatable bonds is 8. The second kappa shape index (κ2) is 9.91.